The van der Waals surface area contributed by atoms with E-state index in [1.54, 1.807) is 20.2 Å². The van der Waals surface area contributed by atoms with Crippen LogP contribution in [0.4, 0.5) is 0 Å². The van der Waals surface area contributed by atoms with Gasteiger partial charge in [0.1, 0.15) is 5.75 Å². The van der Waals surface area contributed by atoms with Gasteiger partial charge in [-0.2, -0.15) is 5.26 Å². The van der Waals surface area contributed by atoms with Gasteiger partial charge in [0.05, 0.1) is 19.1 Å². The van der Waals surface area contributed by atoms with Crippen molar-refractivity contribution in [1.82, 2.24) is 20.1 Å². The van der Waals surface area contributed by atoms with Crippen molar-refractivity contribution in [3.8, 4) is 28.8 Å². The molecule has 1 atom stereocenters. The van der Waals surface area contributed by atoms with Gasteiger partial charge in [-0.3, -0.25) is 4.90 Å². The highest BCUT2D eigenvalue weighted by molar-refractivity contribution is 5.70. The number of ether oxygens (including phenoxy) is 2. The normalized spacial score (nSPS) is 16.6. The van der Waals surface area contributed by atoms with Crippen molar-refractivity contribution in [1.29, 1.82) is 5.26 Å². The minimum Gasteiger partial charge on any atom is -0.483 e. The van der Waals surface area contributed by atoms with Crippen LogP contribution in [0, 0.1) is 24.2 Å². The molecule has 8 heteroatoms. The zero-order valence-corrected chi connectivity index (χ0v) is 17.7. The van der Waals surface area contributed by atoms with E-state index in [0.29, 0.717) is 24.2 Å². The molecule has 0 bridgehead atoms. The fraction of sp³-hybridized carbons (Fsp3) is 0.391. The molecule has 0 spiro atoms. The summed E-state index contributed by atoms with van der Waals surface area (Å²) >= 11 is 0. The van der Waals surface area contributed by atoms with Crippen LogP contribution in [0.2, 0.25) is 0 Å². The van der Waals surface area contributed by atoms with Crippen molar-refractivity contribution in [2.45, 2.75) is 32.9 Å². The average Bonchev–Trinajstić information content (AvgIpc) is 3.23. The topological polar surface area (TPSA) is 97.3 Å². The lowest BCUT2D eigenvalue weighted by Gasteiger charge is -2.30. The van der Waals surface area contributed by atoms with Gasteiger partial charge in [-0.1, -0.05) is 6.07 Å². The van der Waals surface area contributed by atoms with Crippen LogP contribution >= 0.6 is 0 Å². The number of methoxy groups -OCH3 is 1. The van der Waals surface area contributed by atoms with Crippen molar-refractivity contribution in [2.24, 2.45) is 5.92 Å². The van der Waals surface area contributed by atoms with Crippen LogP contribution in [0.3, 0.4) is 0 Å². The number of aryl methyl sites for hydroxylation is 1. The maximum atomic E-state index is 9.35. The van der Waals surface area contributed by atoms with Crippen molar-refractivity contribution >= 4 is 0 Å². The van der Waals surface area contributed by atoms with Gasteiger partial charge >= 0.3 is 0 Å². The summed E-state index contributed by atoms with van der Waals surface area (Å²) in [6.07, 6.45) is 3.69. The first-order valence-electron chi connectivity index (χ1n) is 10.3. The summed E-state index contributed by atoms with van der Waals surface area (Å²) in [6, 6.07) is 12.3. The van der Waals surface area contributed by atoms with Crippen LogP contribution < -0.4 is 9.47 Å². The highest BCUT2D eigenvalue weighted by Gasteiger charge is 2.21. The minimum atomic E-state index is 0.0705. The number of pyridine rings is 1. The molecule has 0 radical (unpaired) electrons. The fourth-order valence-corrected chi connectivity index (χ4v) is 3.87. The van der Waals surface area contributed by atoms with Gasteiger partial charge in [0.2, 0.25) is 11.8 Å². The third kappa shape index (κ3) is 5.01. The fourth-order valence-electron chi connectivity index (χ4n) is 3.87. The van der Waals surface area contributed by atoms with Gasteiger partial charge in [0.25, 0.3) is 5.89 Å². The summed E-state index contributed by atoms with van der Waals surface area (Å²) < 4.78 is 16.9. The van der Waals surface area contributed by atoms with E-state index < -0.39 is 0 Å². The van der Waals surface area contributed by atoms with Crippen LogP contribution in [-0.4, -0.2) is 40.3 Å². The zero-order valence-electron chi connectivity index (χ0n) is 17.7. The molecule has 2 aromatic heterocycles. The Morgan fingerprint density at radius 3 is 2.97 bits per heavy atom. The Bertz CT molecular complexity index is 1080. The molecule has 1 unspecified atom stereocenters. The zero-order chi connectivity index (χ0) is 21.6. The molecule has 31 heavy (non-hydrogen) atoms. The van der Waals surface area contributed by atoms with Gasteiger partial charge < -0.3 is 13.9 Å². The molecule has 1 aliphatic heterocycles. The third-order valence-corrected chi connectivity index (χ3v) is 5.34. The van der Waals surface area contributed by atoms with E-state index in [1.165, 1.54) is 0 Å². The maximum Gasteiger partial charge on any atom is 0.253 e. The maximum absolute atomic E-state index is 9.35. The number of nitriles is 1. The Morgan fingerprint density at radius 2 is 2.19 bits per heavy atom. The van der Waals surface area contributed by atoms with E-state index in [2.05, 4.69) is 32.2 Å². The molecule has 3 aromatic rings. The minimum absolute atomic E-state index is 0.0705. The van der Waals surface area contributed by atoms with Crippen molar-refractivity contribution in [3.63, 3.8) is 0 Å². The number of benzene rings is 1. The Hall–Kier alpha value is -3.44. The van der Waals surface area contributed by atoms with Crippen molar-refractivity contribution in [3.05, 3.63) is 53.9 Å². The molecule has 160 valence electrons. The smallest absolute Gasteiger partial charge is 0.253 e. The average molecular weight is 419 g/mol. The Labute approximate surface area is 181 Å². The highest BCUT2D eigenvalue weighted by Crippen LogP contribution is 2.33. The van der Waals surface area contributed by atoms with Crippen LogP contribution in [0.25, 0.3) is 11.1 Å². The lowest BCUT2D eigenvalue weighted by molar-refractivity contribution is 0.187. The number of likely N-dealkylation sites (tertiary alicyclic amines) is 1. The van der Waals surface area contributed by atoms with E-state index in [9.17, 15) is 5.26 Å². The van der Waals surface area contributed by atoms with Crippen molar-refractivity contribution in [2.75, 3.05) is 20.2 Å². The van der Waals surface area contributed by atoms with Crippen LogP contribution in [-0.2, 0) is 13.2 Å². The first-order chi connectivity index (χ1) is 15.2. The second kappa shape index (κ2) is 9.58. The summed E-state index contributed by atoms with van der Waals surface area (Å²) in [5, 5.41) is 17.2. The molecule has 3 heterocycles. The number of aromatic nitrogens is 3. The number of nitrogens with zero attached hydrogens (tertiary/aromatic N) is 5. The highest BCUT2D eigenvalue weighted by atomic mass is 16.5. The largest absolute Gasteiger partial charge is 0.483 e. The Kier molecular flexibility index (Phi) is 6.43. The number of hydrogen-bond acceptors (Lipinski definition) is 8. The monoisotopic (exact) mass is 419 g/mol. The Morgan fingerprint density at radius 1 is 1.29 bits per heavy atom. The number of rotatable bonds is 7. The lowest BCUT2D eigenvalue weighted by Crippen LogP contribution is -2.34. The predicted molar refractivity (Wildman–Crippen MR) is 113 cm³/mol. The molecular formula is C23H25N5O3. The molecule has 0 N–H and O–H groups in total. The van der Waals surface area contributed by atoms with Gasteiger partial charge in [0.15, 0.2) is 6.61 Å². The van der Waals surface area contributed by atoms with Gasteiger partial charge in [-0.05, 0) is 49.2 Å². The first-order valence-corrected chi connectivity index (χ1v) is 10.3. The SMILES string of the molecule is COc1ncccc1-c1ccc(OCc2nnc(C)o2)c(CN2CCCC(C#N)C2)c1. The summed E-state index contributed by atoms with van der Waals surface area (Å²) in [7, 11) is 1.62. The summed E-state index contributed by atoms with van der Waals surface area (Å²) in [4.78, 5) is 6.62. The molecule has 1 aromatic carbocycles. The third-order valence-electron chi connectivity index (χ3n) is 5.34. The summed E-state index contributed by atoms with van der Waals surface area (Å²) in [6.45, 7) is 4.36. The van der Waals surface area contributed by atoms with E-state index in [4.69, 9.17) is 13.9 Å². The molecule has 0 saturated carbocycles. The molecule has 0 amide bonds. The van der Waals surface area contributed by atoms with Crippen molar-refractivity contribution < 1.29 is 13.9 Å². The molecular weight excluding hydrogens is 394 g/mol. The molecule has 0 aliphatic carbocycles. The standard InChI is InChI=1S/C23H25N5O3/c1-16-26-27-22(31-16)15-30-21-8-7-18(20-6-3-9-25-23(20)29-2)11-19(21)14-28-10-4-5-17(12-24)13-28/h3,6-9,11,17H,4-5,10,13-15H2,1-2H3. The summed E-state index contributed by atoms with van der Waals surface area (Å²) in [5.74, 6) is 2.34. The predicted octanol–water partition coefficient (Wildman–Crippen LogP) is 3.76. The van der Waals surface area contributed by atoms with Gasteiger partial charge in [-0.15, -0.1) is 10.2 Å². The summed E-state index contributed by atoms with van der Waals surface area (Å²) in [5.41, 5.74) is 2.94. The number of hydrogen-bond donors (Lipinski definition) is 0. The molecule has 1 aliphatic rings. The van der Waals surface area contributed by atoms with Gasteiger partial charge in [-0.25, -0.2) is 4.98 Å². The molecule has 1 saturated heterocycles. The lowest BCUT2D eigenvalue weighted by atomic mass is 9.98. The van der Waals surface area contributed by atoms with Crippen LogP contribution in [0.1, 0.15) is 30.2 Å². The van der Waals surface area contributed by atoms with Crippen LogP contribution in [0.5, 0.6) is 11.6 Å². The van der Waals surface area contributed by atoms with Crippen LogP contribution in [0.15, 0.2) is 40.9 Å². The van der Waals surface area contributed by atoms with Gasteiger partial charge in [0, 0.05) is 37.3 Å². The molecule has 1 fully saturated rings. The second-order valence-electron chi connectivity index (χ2n) is 7.59. The quantitative estimate of drug-likeness (QED) is 0.571. The molecule has 4 rings (SSSR count). The number of piperidine rings is 1. The van der Waals surface area contributed by atoms with E-state index >= 15 is 0 Å². The van der Waals surface area contributed by atoms with E-state index in [-0.39, 0.29) is 12.5 Å². The molecule has 8 nitrogen and oxygen atoms in total. The Balaban J connectivity index is 1.62. The van der Waals surface area contributed by atoms with E-state index in [0.717, 1.165) is 48.4 Å². The second-order valence-corrected chi connectivity index (χ2v) is 7.59. The van der Waals surface area contributed by atoms with E-state index in [1.807, 2.05) is 24.3 Å². The first kappa shape index (κ1) is 20.8.